The minimum atomic E-state index is -0.904. The number of carbonyl (C=O) groups is 3. The van der Waals surface area contributed by atoms with Crippen LogP contribution in [0, 0.1) is 3.57 Å². The van der Waals surface area contributed by atoms with Crippen molar-refractivity contribution in [2.45, 2.75) is 19.4 Å². The van der Waals surface area contributed by atoms with Crippen molar-refractivity contribution < 1.29 is 14.4 Å². The molecule has 2 N–H and O–H groups in total. The van der Waals surface area contributed by atoms with E-state index >= 15 is 0 Å². The molecule has 1 heterocycles. The minimum Gasteiger partial charge on any atom is -0.326 e. The molecule has 0 aliphatic carbocycles. The van der Waals surface area contributed by atoms with E-state index in [1.54, 1.807) is 49.4 Å². The second-order valence-corrected chi connectivity index (χ2v) is 7.93. The van der Waals surface area contributed by atoms with Crippen molar-refractivity contribution in [1.82, 2.24) is 15.3 Å². The molecule has 0 radical (unpaired) electrons. The zero-order chi connectivity index (χ0) is 21.0. The number of hydrogen-bond acceptors (Lipinski definition) is 4. The monoisotopic (exact) mass is 522 g/mol. The molecule has 2 aromatic rings. The van der Waals surface area contributed by atoms with Crippen LogP contribution in [-0.2, 0) is 9.59 Å². The first kappa shape index (κ1) is 21.2. The molecule has 1 atom stereocenters. The summed E-state index contributed by atoms with van der Waals surface area (Å²) < 4.78 is 1.05. The lowest BCUT2D eigenvalue weighted by Gasteiger charge is -2.24. The van der Waals surface area contributed by atoms with Crippen LogP contribution in [-0.4, -0.2) is 45.3 Å². The van der Waals surface area contributed by atoms with Gasteiger partial charge in [-0.05, 0) is 78.1 Å². The molecule has 3 amide bonds. The van der Waals surface area contributed by atoms with Crippen molar-refractivity contribution in [2.24, 2.45) is 0 Å². The predicted molar refractivity (Wildman–Crippen MR) is 122 cm³/mol. The summed E-state index contributed by atoms with van der Waals surface area (Å²) in [6.45, 7) is 2.14. The van der Waals surface area contributed by atoms with Crippen LogP contribution in [0.1, 0.15) is 23.7 Å². The van der Waals surface area contributed by atoms with Gasteiger partial charge in [0.2, 0.25) is 5.91 Å². The number of rotatable bonds is 6. The molecule has 29 heavy (non-hydrogen) atoms. The third-order valence-corrected chi connectivity index (χ3v) is 5.52. The molecule has 2 aromatic carbocycles. The number of benzene rings is 2. The molecule has 0 bridgehead atoms. The van der Waals surface area contributed by atoms with Crippen molar-refractivity contribution in [1.29, 1.82) is 0 Å². The largest absolute Gasteiger partial charge is 0.326 e. The van der Waals surface area contributed by atoms with Gasteiger partial charge < -0.3 is 5.32 Å². The zero-order valence-electron chi connectivity index (χ0n) is 15.6. The van der Waals surface area contributed by atoms with E-state index in [4.69, 9.17) is 12.2 Å². The maximum atomic E-state index is 12.8. The summed E-state index contributed by atoms with van der Waals surface area (Å²) in [6.07, 6.45) is -0.142. The van der Waals surface area contributed by atoms with Crippen LogP contribution in [0.3, 0.4) is 0 Å². The Balaban J connectivity index is 1.75. The second kappa shape index (κ2) is 9.31. The highest BCUT2D eigenvalue weighted by Gasteiger charge is 2.43. The van der Waals surface area contributed by atoms with Crippen molar-refractivity contribution >= 4 is 63.3 Å². The summed E-state index contributed by atoms with van der Waals surface area (Å²) in [7, 11) is 0. The fraction of sp³-hybridized carbons (Fsp3) is 0.200. The van der Waals surface area contributed by atoms with E-state index in [2.05, 4.69) is 33.3 Å². The molecule has 1 aliphatic heterocycles. The quantitative estimate of drug-likeness (QED) is 0.451. The maximum Gasteiger partial charge on any atom is 0.269 e. The van der Waals surface area contributed by atoms with E-state index in [1.165, 1.54) is 9.91 Å². The molecular formula is C20H19IN4O3S. The third kappa shape index (κ3) is 4.91. The standard InChI is InChI=1S/C20H19IN4O3S/c1-2-24-19(28)16(12-17(26)22-15-10-8-14(21)9-11-15)25(20(24)29)23-18(27)13-6-4-3-5-7-13/h3-11,16H,2,12H2,1H3,(H,22,26)(H,23,27)/t16-/m1/s1. The van der Waals surface area contributed by atoms with Gasteiger partial charge in [0.05, 0.1) is 6.42 Å². The van der Waals surface area contributed by atoms with Gasteiger partial charge >= 0.3 is 0 Å². The van der Waals surface area contributed by atoms with Crippen LogP contribution >= 0.6 is 34.8 Å². The number of nitrogens with zero attached hydrogens (tertiary/aromatic N) is 2. The fourth-order valence-electron chi connectivity index (χ4n) is 2.93. The summed E-state index contributed by atoms with van der Waals surface area (Å²) >= 11 is 7.54. The summed E-state index contributed by atoms with van der Waals surface area (Å²) in [4.78, 5) is 39.2. The molecule has 7 nitrogen and oxygen atoms in total. The van der Waals surface area contributed by atoms with Gasteiger partial charge in [-0.15, -0.1) is 0 Å². The van der Waals surface area contributed by atoms with Crippen molar-refractivity contribution in [3.8, 4) is 0 Å². The van der Waals surface area contributed by atoms with E-state index in [9.17, 15) is 14.4 Å². The highest BCUT2D eigenvalue weighted by atomic mass is 127. The van der Waals surface area contributed by atoms with Crippen molar-refractivity contribution in [2.75, 3.05) is 11.9 Å². The SMILES string of the molecule is CCN1C(=O)[C@@H](CC(=O)Nc2ccc(I)cc2)N(NC(=O)c2ccccc2)C1=S. The first-order chi connectivity index (χ1) is 13.9. The van der Waals surface area contributed by atoms with E-state index in [-0.39, 0.29) is 23.3 Å². The number of hydrazine groups is 1. The normalized spacial score (nSPS) is 16.1. The Morgan fingerprint density at radius 3 is 2.38 bits per heavy atom. The van der Waals surface area contributed by atoms with Crippen LogP contribution in [0.15, 0.2) is 54.6 Å². The molecule has 0 unspecified atom stereocenters. The smallest absolute Gasteiger partial charge is 0.269 e. The Kier molecular flexibility index (Phi) is 6.80. The number of nitrogens with one attached hydrogen (secondary N) is 2. The number of hydrogen-bond donors (Lipinski definition) is 2. The lowest BCUT2D eigenvalue weighted by atomic mass is 10.2. The van der Waals surface area contributed by atoms with E-state index in [0.29, 0.717) is 17.8 Å². The Labute approximate surface area is 187 Å². The molecule has 1 fully saturated rings. The molecule has 9 heteroatoms. The molecular weight excluding hydrogens is 503 g/mol. The Hall–Kier alpha value is -2.53. The summed E-state index contributed by atoms with van der Waals surface area (Å²) in [5.41, 5.74) is 3.74. The molecule has 150 valence electrons. The van der Waals surface area contributed by atoms with Crippen molar-refractivity contribution in [3.05, 3.63) is 63.7 Å². The Morgan fingerprint density at radius 2 is 1.76 bits per heavy atom. The summed E-state index contributed by atoms with van der Waals surface area (Å²) in [6, 6.07) is 15.0. The number of likely N-dealkylation sites (N-methyl/N-ethyl adjacent to an activating group) is 1. The minimum absolute atomic E-state index is 0.142. The van der Waals surface area contributed by atoms with Gasteiger partial charge in [-0.1, -0.05) is 18.2 Å². The van der Waals surface area contributed by atoms with E-state index in [0.717, 1.165) is 3.57 Å². The number of thiocarbonyl (C=S) groups is 1. The Morgan fingerprint density at radius 1 is 1.10 bits per heavy atom. The van der Waals surface area contributed by atoms with Crippen LogP contribution in [0.5, 0.6) is 0 Å². The van der Waals surface area contributed by atoms with Crippen LogP contribution in [0.2, 0.25) is 0 Å². The number of halogens is 1. The molecule has 0 aromatic heterocycles. The predicted octanol–water partition coefficient (Wildman–Crippen LogP) is 2.78. The van der Waals surface area contributed by atoms with E-state index < -0.39 is 11.9 Å². The first-order valence-corrected chi connectivity index (χ1v) is 10.5. The average molecular weight is 522 g/mol. The fourth-order valence-corrected chi connectivity index (χ4v) is 3.68. The van der Waals surface area contributed by atoms with Gasteiger partial charge in [0, 0.05) is 21.4 Å². The molecule has 0 saturated carbocycles. The first-order valence-electron chi connectivity index (χ1n) is 8.96. The number of carbonyl (C=O) groups excluding carboxylic acids is 3. The van der Waals surface area contributed by atoms with Crippen LogP contribution in [0.4, 0.5) is 5.69 Å². The zero-order valence-corrected chi connectivity index (χ0v) is 18.6. The van der Waals surface area contributed by atoms with E-state index in [1.807, 2.05) is 12.1 Å². The summed E-state index contributed by atoms with van der Waals surface area (Å²) in [5.74, 6) is -1.06. The number of anilines is 1. The molecule has 1 saturated heterocycles. The lowest BCUT2D eigenvalue weighted by molar-refractivity contribution is -0.130. The highest BCUT2D eigenvalue weighted by molar-refractivity contribution is 14.1. The van der Waals surface area contributed by atoms with Crippen LogP contribution in [0.25, 0.3) is 0 Å². The van der Waals surface area contributed by atoms with Gasteiger partial charge in [0.1, 0.15) is 6.04 Å². The van der Waals surface area contributed by atoms with Crippen molar-refractivity contribution in [3.63, 3.8) is 0 Å². The Bertz CT molecular complexity index is 937. The van der Waals surface area contributed by atoms with Gasteiger partial charge in [0.25, 0.3) is 11.8 Å². The maximum absolute atomic E-state index is 12.8. The average Bonchev–Trinajstić information content (AvgIpc) is 2.93. The van der Waals surface area contributed by atoms with Gasteiger partial charge in [-0.2, -0.15) is 0 Å². The lowest BCUT2D eigenvalue weighted by Crippen LogP contribution is -2.49. The number of amides is 3. The highest BCUT2D eigenvalue weighted by Crippen LogP contribution is 2.20. The summed E-state index contributed by atoms with van der Waals surface area (Å²) in [5, 5.41) is 4.26. The van der Waals surface area contributed by atoms with Gasteiger partial charge in [-0.3, -0.25) is 24.7 Å². The molecule has 3 rings (SSSR count). The van der Waals surface area contributed by atoms with Gasteiger partial charge in [0.15, 0.2) is 5.11 Å². The molecule has 1 aliphatic rings. The van der Waals surface area contributed by atoms with Crippen LogP contribution < -0.4 is 10.7 Å². The second-order valence-electron chi connectivity index (χ2n) is 6.32. The topological polar surface area (TPSA) is 81.8 Å². The van der Waals surface area contributed by atoms with Gasteiger partial charge in [-0.25, -0.2) is 5.01 Å². The third-order valence-electron chi connectivity index (χ3n) is 4.38. The molecule has 0 spiro atoms.